The van der Waals surface area contributed by atoms with Gasteiger partial charge in [0.1, 0.15) is 9.77 Å². The third-order valence-corrected chi connectivity index (χ3v) is 9.86. The highest BCUT2D eigenvalue weighted by atomic mass is 32.2. The average molecular weight is 490 g/mol. The highest BCUT2D eigenvalue weighted by molar-refractivity contribution is 7.99. The van der Waals surface area contributed by atoms with Crippen LogP contribution in [0.4, 0.5) is 0 Å². The third-order valence-electron chi connectivity index (χ3n) is 4.46. The standard InChI is InChI=1S/C18H23N3O5S4/c1-14-2-4-15(5-3-14)29(23,24)20-8-7-19-18(22)17-16(6-11-28-17)30(25,26)21-9-12-27-13-10-21/h2-6,11,20H,7-10,12-13H2,1H3,(H,19,22). The van der Waals surface area contributed by atoms with Gasteiger partial charge in [-0.1, -0.05) is 17.7 Å². The molecule has 3 rings (SSSR count). The van der Waals surface area contributed by atoms with Crippen molar-refractivity contribution in [2.45, 2.75) is 16.7 Å². The molecule has 2 aromatic rings. The van der Waals surface area contributed by atoms with Crippen molar-refractivity contribution < 1.29 is 21.6 Å². The van der Waals surface area contributed by atoms with E-state index in [-0.39, 0.29) is 27.8 Å². The molecule has 30 heavy (non-hydrogen) atoms. The third kappa shape index (κ3) is 5.42. The molecular formula is C18H23N3O5S4. The van der Waals surface area contributed by atoms with Gasteiger partial charge in [0.05, 0.1) is 4.90 Å². The van der Waals surface area contributed by atoms with Crippen LogP contribution >= 0.6 is 23.1 Å². The Balaban J connectivity index is 1.58. The van der Waals surface area contributed by atoms with Crippen molar-refractivity contribution in [2.24, 2.45) is 0 Å². The highest BCUT2D eigenvalue weighted by Crippen LogP contribution is 2.27. The van der Waals surface area contributed by atoms with Crippen LogP contribution in [-0.4, -0.2) is 64.7 Å². The summed E-state index contributed by atoms with van der Waals surface area (Å²) in [5, 5.41) is 4.16. The second kappa shape index (κ2) is 9.79. The average Bonchev–Trinajstić information content (AvgIpc) is 3.23. The van der Waals surface area contributed by atoms with Crippen molar-refractivity contribution in [3.8, 4) is 0 Å². The summed E-state index contributed by atoms with van der Waals surface area (Å²) in [6.45, 7) is 2.72. The maximum Gasteiger partial charge on any atom is 0.262 e. The van der Waals surface area contributed by atoms with Crippen LogP contribution in [0.1, 0.15) is 15.2 Å². The second-order valence-corrected chi connectivity index (χ2v) is 12.4. The first-order chi connectivity index (χ1) is 14.2. The first-order valence-electron chi connectivity index (χ1n) is 9.22. The molecule has 164 valence electrons. The lowest BCUT2D eigenvalue weighted by atomic mass is 10.2. The highest BCUT2D eigenvalue weighted by Gasteiger charge is 2.31. The molecule has 0 aliphatic carbocycles. The number of benzene rings is 1. The topological polar surface area (TPSA) is 113 Å². The van der Waals surface area contributed by atoms with E-state index < -0.39 is 26.0 Å². The van der Waals surface area contributed by atoms with Crippen molar-refractivity contribution in [3.63, 3.8) is 0 Å². The fourth-order valence-electron chi connectivity index (χ4n) is 2.83. The first-order valence-corrected chi connectivity index (χ1v) is 14.2. The fraction of sp³-hybridized carbons (Fsp3) is 0.389. The number of aryl methyl sites for hydroxylation is 1. The summed E-state index contributed by atoms with van der Waals surface area (Å²) < 4.78 is 54.1. The van der Waals surface area contributed by atoms with Crippen LogP contribution in [0.15, 0.2) is 45.5 Å². The summed E-state index contributed by atoms with van der Waals surface area (Å²) in [7, 11) is -7.41. The van der Waals surface area contributed by atoms with Gasteiger partial charge in [0.2, 0.25) is 20.0 Å². The van der Waals surface area contributed by atoms with Crippen LogP contribution < -0.4 is 10.0 Å². The summed E-state index contributed by atoms with van der Waals surface area (Å²) in [5.41, 5.74) is 0.950. The Morgan fingerprint density at radius 3 is 2.37 bits per heavy atom. The minimum atomic E-state index is -3.73. The number of thioether (sulfide) groups is 1. The Hall–Kier alpha value is -1.44. The van der Waals surface area contributed by atoms with E-state index in [9.17, 15) is 21.6 Å². The van der Waals surface area contributed by atoms with Crippen LogP contribution in [0.2, 0.25) is 0 Å². The van der Waals surface area contributed by atoms with Gasteiger partial charge in [-0.05, 0) is 30.5 Å². The van der Waals surface area contributed by atoms with Crippen LogP contribution in [-0.2, 0) is 20.0 Å². The lowest BCUT2D eigenvalue weighted by Crippen LogP contribution is -2.39. The van der Waals surface area contributed by atoms with Crippen molar-refractivity contribution in [2.75, 3.05) is 37.7 Å². The molecular weight excluding hydrogens is 466 g/mol. The molecule has 2 N–H and O–H groups in total. The predicted molar refractivity (Wildman–Crippen MR) is 119 cm³/mol. The molecule has 0 saturated carbocycles. The normalized spacial score (nSPS) is 15.8. The Kier molecular flexibility index (Phi) is 7.58. The van der Waals surface area contributed by atoms with E-state index >= 15 is 0 Å². The van der Waals surface area contributed by atoms with E-state index in [2.05, 4.69) is 10.0 Å². The summed E-state index contributed by atoms with van der Waals surface area (Å²) >= 11 is 2.75. The van der Waals surface area contributed by atoms with Gasteiger partial charge in [-0.15, -0.1) is 11.3 Å². The van der Waals surface area contributed by atoms with E-state index in [1.54, 1.807) is 29.3 Å². The molecule has 1 saturated heterocycles. The monoisotopic (exact) mass is 489 g/mol. The second-order valence-electron chi connectivity index (χ2n) is 6.60. The number of thiophene rings is 1. The van der Waals surface area contributed by atoms with Crippen LogP contribution in [0.3, 0.4) is 0 Å². The van der Waals surface area contributed by atoms with Gasteiger partial charge in [-0.3, -0.25) is 4.79 Å². The SMILES string of the molecule is Cc1ccc(S(=O)(=O)NCCNC(=O)c2sccc2S(=O)(=O)N2CCSCC2)cc1. The van der Waals surface area contributed by atoms with Gasteiger partial charge in [-0.2, -0.15) is 16.1 Å². The van der Waals surface area contributed by atoms with E-state index in [0.717, 1.165) is 28.4 Å². The van der Waals surface area contributed by atoms with E-state index in [1.165, 1.54) is 22.5 Å². The van der Waals surface area contributed by atoms with E-state index in [1.807, 2.05) is 6.92 Å². The number of nitrogens with zero attached hydrogens (tertiary/aromatic N) is 1. The van der Waals surface area contributed by atoms with Gasteiger partial charge in [0, 0.05) is 37.7 Å². The maximum atomic E-state index is 12.9. The lowest BCUT2D eigenvalue weighted by Gasteiger charge is -2.25. The minimum absolute atomic E-state index is 0.00265. The van der Waals surface area contributed by atoms with Crippen molar-refractivity contribution >= 4 is 49.1 Å². The molecule has 1 amide bonds. The number of carbonyl (C=O) groups is 1. The van der Waals surface area contributed by atoms with Gasteiger partial charge in [0.15, 0.2) is 0 Å². The zero-order valence-corrected chi connectivity index (χ0v) is 19.6. The summed E-state index contributed by atoms with van der Waals surface area (Å²) in [4.78, 5) is 12.8. The van der Waals surface area contributed by atoms with Crippen molar-refractivity contribution in [1.29, 1.82) is 0 Å². The van der Waals surface area contributed by atoms with E-state index in [0.29, 0.717) is 13.1 Å². The van der Waals surface area contributed by atoms with Crippen LogP contribution in [0.25, 0.3) is 0 Å². The molecule has 2 heterocycles. The molecule has 8 nitrogen and oxygen atoms in total. The van der Waals surface area contributed by atoms with Crippen molar-refractivity contribution in [1.82, 2.24) is 14.3 Å². The van der Waals surface area contributed by atoms with Gasteiger partial charge in [-0.25, -0.2) is 21.6 Å². The summed E-state index contributed by atoms with van der Waals surface area (Å²) in [6, 6.07) is 7.87. The molecule has 1 aromatic heterocycles. The molecule has 12 heteroatoms. The molecule has 0 atom stereocenters. The molecule has 0 bridgehead atoms. The molecule has 1 fully saturated rings. The summed E-state index contributed by atoms with van der Waals surface area (Å²) in [6.07, 6.45) is 0. The molecule has 0 spiro atoms. The van der Waals surface area contributed by atoms with Gasteiger partial charge >= 0.3 is 0 Å². The number of hydrogen-bond donors (Lipinski definition) is 2. The maximum absolute atomic E-state index is 12.9. The Morgan fingerprint density at radius 2 is 1.70 bits per heavy atom. The zero-order valence-electron chi connectivity index (χ0n) is 16.3. The Labute approximate surface area is 185 Å². The minimum Gasteiger partial charge on any atom is -0.350 e. The quantitative estimate of drug-likeness (QED) is 0.544. The van der Waals surface area contributed by atoms with Crippen molar-refractivity contribution in [3.05, 3.63) is 46.2 Å². The smallest absolute Gasteiger partial charge is 0.262 e. The van der Waals surface area contributed by atoms with Crippen LogP contribution in [0.5, 0.6) is 0 Å². The predicted octanol–water partition coefficient (Wildman–Crippen LogP) is 1.50. The zero-order chi connectivity index (χ0) is 21.8. The Bertz CT molecular complexity index is 1090. The molecule has 1 aromatic carbocycles. The fourth-order valence-corrected chi connectivity index (χ4v) is 7.76. The number of rotatable bonds is 8. The van der Waals surface area contributed by atoms with Crippen LogP contribution in [0, 0.1) is 6.92 Å². The molecule has 0 radical (unpaired) electrons. The molecule has 1 aliphatic rings. The number of hydrogen-bond acceptors (Lipinski definition) is 7. The first kappa shape index (κ1) is 23.2. The summed E-state index contributed by atoms with van der Waals surface area (Å²) in [5.74, 6) is 0.919. The molecule has 1 aliphatic heterocycles. The number of amides is 1. The largest absolute Gasteiger partial charge is 0.350 e. The number of carbonyl (C=O) groups excluding carboxylic acids is 1. The van der Waals surface area contributed by atoms with Gasteiger partial charge in [0.25, 0.3) is 5.91 Å². The number of sulfonamides is 2. The van der Waals surface area contributed by atoms with Gasteiger partial charge < -0.3 is 5.32 Å². The number of nitrogens with one attached hydrogen (secondary N) is 2. The Morgan fingerprint density at radius 1 is 1.03 bits per heavy atom. The van der Waals surface area contributed by atoms with E-state index in [4.69, 9.17) is 0 Å². The lowest BCUT2D eigenvalue weighted by molar-refractivity contribution is 0.0955. The molecule has 0 unspecified atom stereocenters.